The SMILES string of the molecule is CCOc1ccc2c(n1)N(c1ccc(OC)cc1)C(=O)N(c1ccc(C#N)cc1)C2. The molecule has 2 amide bonds. The van der Waals surface area contributed by atoms with Crippen molar-refractivity contribution in [3.05, 3.63) is 71.8 Å². The van der Waals surface area contributed by atoms with E-state index in [1.807, 2.05) is 25.1 Å². The number of amides is 2. The van der Waals surface area contributed by atoms with Crippen molar-refractivity contribution in [3.63, 3.8) is 0 Å². The predicted octanol–water partition coefficient (Wildman–Crippen LogP) is 4.64. The number of aromatic nitrogens is 1. The van der Waals surface area contributed by atoms with Crippen LogP contribution in [0.15, 0.2) is 60.7 Å². The Balaban J connectivity index is 1.80. The van der Waals surface area contributed by atoms with Crippen LogP contribution in [0, 0.1) is 11.3 Å². The number of benzene rings is 2. The highest BCUT2D eigenvalue weighted by Gasteiger charge is 2.34. The Bertz CT molecular complexity index is 1100. The molecule has 3 aromatic rings. The maximum Gasteiger partial charge on any atom is 0.335 e. The lowest BCUT2D eigenvalue weighted by molar-refractivity contribution is 0.252. The van der Waals surface area contributed by atoms with Crippen LogP contribution in [0.5, 0.6) is 11.6 Å². The topological polar surface area (TPSA) is 78.7 Å². The van der Waals surface area contributed by atoms with Gasteiger partial charge in [0.05, 0.1) is 37.6 Å². The first-order valence-corrected chi connectivity index (χ1v) is 9.53. The Morgan fingerprint density at radius 3 is 2.37 bits per heavy atom. The summed E-state index contributed by atoms with van der Waals surface area (Å²) < 4.78 is 10.8. The normalized spacial score (nSPS) is 12.9. The number of rotatable bonds is 5. The van der Waals surface area contributed by atoms with Crippen molar-refractivity contribution in [1.29, 1.82) is 5.26 Å². The summed E-state index contributed by atoms with van der Waals surface area (Å²) in [6, 6.07) is 19.8. The molecule has 0 atom stereocenters. The molecular weight excluding hydrogens is 380 g/mol. The number of urea groups is 1. The third-order valence-corrected chi connectivity index (χ3v) is 4.82. The van der Waals surface area contributed by atoms with E-state index in [9.17, 15) is 4.79 Å². The van der Waals surface area contributed by atoms with Gasteiger partial charge in [-0.05, 0) is 61.5 Å². The molecule has 30 heavy (non-hydrogen) atoms. The molecule has 0 N–H and O–H groups in total. The number of fused-ring (bicyclic) bond motifs is 1. The van der Waals surface area contributed by atoms with Crippen LogP contribution >= 0.6 is 0 Å². The Morgan fingerprint density at radius 1 is 1.03 bits per heavy atom. The standard InChI is InChI=1S/C23H20N4O3/c1-3-30-21-13-6-17-15-26(18-7-4-16(14-24)5-8-18)23(28)27(22(17)25-21)19-9-11-20(29-2)12-10-19/h4-13H,3,15H2,1-2H3. The van der Waals surface area contributed by atoms with E-state index in [0.29, 0.717) is 47.5 Å². The fourth-order valence-electron chi connectivity index (χ4n) is 3.34. The van der Waals surface area contributed by atoms with Crippen LogP contribution in [0.3, 0.4) is 0 Å². The molecule has 0 fully saturated rings. The first-order valence-electron chi connectivity index (χ1n) is 9.53. The van der Waals surface area contributed by atoms with E-state index in [4.69, 9.17) is 14.7 Å². The molecule has 0 saturated carbocycles. The summed E-state index contributed by atoms with van der Waals surface area (Å²) in [4.78, 5) is 21.4. The Hall–Kier alpha value is -4.05. The molecule has 0 aliphatic carbocycles. The van der Waals surface area contributed by atoms with E-state index in [0.717, 1.165) is 5.56 Å². The van der Waals surface area contributed by atoms with Gasteiger partial charge in [-0.15, -0.1) is 0 Å². The minimum absolute atomic E-state index is 0.237. The van der Waals surface area contributed by atoms with Crippen LogP contribution in [-0.2, 0) is 6.54 Å². The molecule has 150 valence electrons. The summed E-state index contributed by atoms with van der Waals surface area (Å²) in [6.07, 6.45) is 0. The average Bonchev–Trinajstić information content (AvgIpc) is 2.79. The zero-order chi connectivity index (χ0) is 21.1. The molecule has 1 aliphatic heterocycles. The van der Waals surface area contributed by atoms with E-state index in [1.54, 1.807) is 59.4 Å². The largest absolute Gasteiger partial charge is 0.497 e. The lowest BCUT2D eigenvalue weighted by Gasteiger charge is -2.36. The van der Waals surface area contributed by atoms with E-state index in [1.165, 1.54) is 0 Å². The van der Waals surface area contributed by atoms with E-state index in [-0.39, 0.29) is 6.03 Å². The highest BCUT2D eigenvalue weighted by Crippen LogP contribution is 2.37. The first kappa shape index (κ1) is 19.3. The van der Waals surface area contributed by atoms with Gasteiger partial charge >= 0.3 is 6.03 Å². The van der Waals surface area contributed by atoms with Gasteiger partial charge in [0.1, 0.15) is 11.6 Å². The number of ether oxygens (including phenoxy) is 2. The summed E-state index contributed by atoms with van der Waals surface area (Å²) >= 11 is 0. The number of hydrogen-bond acceptors (Lipinski definition) is 5. The molecule has 1 aromatic heterocycles. The summed E-state index contributed by atoms with van der Waals surface area (Å²) in [6.45, 7) is 2.74. The van der Waals surface area contributed by atoms with Crippen molar-refractivity contribution >= 4 is 23.2 Å². The molecular formula is C23H20N4O3. The average molecular weight is 400 g/mol. The molecule has 0 bridgehead atoms. The number of hydrogen-bond donors (Lipinski definition) is 0. The summed E-state index contributed by atoms with van der Waals surface area (Å²) in [7, 11) is 1.60. The third-order valence-electron chi connectivity index (χ3n) is 4.82. The zero-order valence-corrected chi connectivity index (χ0v) is 16.7. The minimum atomic E-state index is -0.237. The van der Waals surface area contributed by atoms with Crippen molar-refractivity contribution in [3.8, 4) is 17.7 Å². The predicted molar refractivity (Wildman–Crippen MR) is 113 cm³/mol. The molecule has 0 radical (unpaired) electrons. The van der Waals surface area contributed by atoms with Crippen molar-refractivity contribution in [1.82, 2.24) is 4.98 Å². The molecule has 0 saturated heterocycles. The Labute approximate surface area is 174 Å². The Kier molecular flexibility index (Phi) is 5.22. The van der Waals surface area contributed by atoms with Gasteiger partial charge < -0.3 is 9.47 Å². The smallest absolute Gasteiger partial charge is 0.335 e. The molecule has 1 aliphatic rings. The maximum atomic E-state index is 13.5. The van der Waals surface area contributed by atoms with Crippen molar-refractivity contribution < 1.29 is 14.3 Å². The van der Waals surface area contributed by atoms with Gasteiger partial charge in [0, 0.05) is 17.3 Å². The molecule has 0 unspecified atom stereocenters. The second kappa shape index (κ2) is 8.13. The van der Waals surface area contributed by atoms with Crippen LogP contribution < -0.4 is 19.3 Å². The summed E-state index contributed by atoms with van der Waals surface area (Å²) in [5, 5.41) is 9.06. The fraction of sp³-hybridized carbons (Fsp3) is 0.174. The number of carbonyl (C=O) groups excluding carboxylic acids is 1. The van der Waals surface area contributed by atoms with Crippen molar-refractivity contribution in [2.45, 2.75) is 13.5 Å². The van der Waals surface area contributed by atoms with Crippen LogP contribution in [0.2, 0.25) is 0 Å². The van der Waals surface area contributed by atoms with E-state index in [2.05, 4.69) is 11.1 Å². The number of pyridine rings is 1. The second-order valence-corrected chi connectivity index (χ2v) is 6.63. The molecule has 7 nitrogen and oxygen atoms in total. The van der Waals surface area contributed by atoms with E-state index < -0.39 is 0 Å². The molecule has 2 aromatic carbocycles. The quantitative estimate of drug-likeness (QED) is 0.623. The molecule has 7 heteroatoms. The summed E-state index contributed by atoms with van der Waals surface area (Å²) in [5.74, 6) is 1.71. The van der Waals surface area contributed by atoms with Gasteiger partial charge in [-0.3, -0.25) is 4.90 Å². The van der Waals surface area contributed by atoms with Gasteiger partial charge in [-0.2, -0.15) is 10.2 Å². The Morgan fingerprint density at radius 2 is 1.73 bits per heavy atom. The lowest BCUT2D eigenvalue weighted by atomic mass is 10.1. The molecule has 4 rings (SSSR count). The van der Waals surface area contributed by atoms with Gasteiger partial charge in [0.15, 0.2) is 0 Å². The van der Waals surface area contributed by atoms with Crippen LogP contribution in [0.4, 0.5) is 22.0 Å². The van der Waals surface area contributed by atoms with E-state index >= 15 is 0 Å². The van der Waals surface area contributed by atoms with Crippen LogP contribution in [0.1, 0.15) is 18.1 Å². The molecule has 2 heterocycles. The highest BCUT2D eigenvalue weighted by molar-refractivity contribution is 6.10. The van der Waals surface area contributed by atoms with Gasteiger partial charge in [0.25, 0.3) is 0 Å². The van der Waals surface area contributed by atoms with Crippen LogP contribution in [-0.4, -0.2) is 24.7 Å². The third kappa shape index (κ3) is 3.51. The number of nitrogens with zero attached hydrogens (tertiary/aromatic N) is 4. The zero-order valence-electron chi connectivity index (χ0n) is 16.7. The maximum absolute atomic E-state index is 13.5. The number of nitriles is 1. The first-order chi connectivity index (χ1) is 14.6. The van der Waals surface area contributed by atoms with Gasteiger partial charge in [-0.1, -0.05) is 0 Å². The fourth-order valence-corrected chi connectivity index (χ4v) is 3.34. The van der Waals surface area contributed by atoms with Crippen molar-refractivity contribution in [2.24, 2.45) is 0 Å². The second-order valence-electron chi connectivity index (χ2n) is 6.63. The highest BCUT2D eigenvalue weighted by atomic mass is 16.5. The number of anilines is 3. The minimum Gasteiger partial charge on any atom is -0.497 e. The van der Waals surface area contributed by atoms with Gasteiger partial charge in [-0.25, -0.2) is 9.69 Å². The monoisotopic (exact) mass is 400 g/mol. The summed E-state index contributed by atoms with van der Waals surface area (Å²) in [5.41, 5.74) is 2.80. The van der Waals surface area contributed by atoms with Gasteiger partial charge in [0.2, 0.25) is 5.88 Å². The van der Waals surface area contributed by atoms with Crippen LogP contribution in [0.25, 0.3) is 0 Å². The lowest BCUT2D eigenvalue weighted by Crippen LogP contribution is -2.45. The van der Waals surface area contributed by atoms with Crippen molar-refractivity contribution in [2.75, 3.05) is 23.5 Å². The number of carbonyl (C=O) groups is 1. The number of methoxy groups -OCH3 is 1. The molecule has 0 spiro atoms.